The van der Waals surface area contributed by atoms with Crippen molar-refractivity contribution in [3.63, 3.8) is 0 Å². The highest BCUT2D eigenvalue weighted by Crippen LogP contribution is 2.45. The zero-order valence-electron chi connectivity index (χ0n) is 12.7. The quantitative estimate of drug-likeness (QED) is 0.769. The molecule has 1 aromatic carbocycles. The third kappa shape index (κ3) is 3.32. The van der Waals surface area contributed by atoms with Crippen molar-refractivity contribution in [2.45, 2.75) is 58.4 Å². The van der Waals surface area contributed by atoms with Gasteiger partial charge in [0.1, 0.15) is 0 Å². The van der Waals surface area contributed by atoms with Crippen LogP contribution >= 0.6 is 23.2 Å². The highest BCUT2D eigenvalue weighted by atomic mass is 35.5. The Hall–Kier alpha value is -0.240. The van der Waals surface area contributed by atoms with Gasteiger partial charge in [-0.2, -0.15) is 0 Å². The molecule has 1 nitrogen and oxygen atoms in total. The average Bonchev–Trinajstić information content (AvgIpc) is 2.33. The maximum Gasteiger partial charge on any atom is 0.0453 e. The summed E-state index contributed by atoms with van der Waals surface area (Å²) in [4.78, 5) is 0. The molecule has 1 aliphatic rings. The predicted octanol–water partition coefficient (Wildman–Crippen LogP) is 5.47. The number of benzene rings is 1. The Balaban J connectivity index is 2.33. The summed E-state index contributed by atoms with van der Waals surface area (Å²) in [6.07, 6.45) is 5.49. The van der Waals surface area contributed by atoms with Crippen molar-refractivity contribution in [2.24, 2.45) is 17.1 Å². The molecule has 0 amide bonds. The van der Waals surface area contributed by atoms with Crippen LogP contribution < -0.4 is 5.73 Å². The molecule has 0 heterocycles. The molecule has 0 spiro atoms. The van der Waals surface area contributed by atoms with Gasteiger partial charge in [-0.15, -0.1) is 0 Å². The number of nitrogens with two attached hydrogens (primary N) is 1. The molecular weight excluding hydrogens is 289 g/mol. The summed E-state index contributed by atoms with van der Waals surface area (Å²) < 4.78 is 0. The van der Waals surface area contributed by atoms with Crippen molar-refractivity contribution in [3.05, 3.63) is 33.8 Å². The first kappa shape index (κ1) is 16.1. The fourth-order valence-corrected chi connectivity index (χ4v) is 4.33. The van der Waals surface area contributed by atoms with Crippen LogP contribution in [0.1, 0.15) is 52.0 Å². The normalized spacial score (nSPS) is 27.6. The van der Waals surface area contributed by atoms with E-state index in [-0.39, 0.29) is 11.0 Å². The lowest BCUT2D eigenvalue weighted by Crippen LogP contribution is -2.55. The molecule has 0 radical (unpaired) electrons. The van der Waals surface area contributed by atoms with Gasteiger partial charge >= 0.3 is 0 Å². The Morgan fingerprint density at radius 1 is 1.20 bits per heavy atom. The Morgan fingerprint density at radius 3 is 2.35 bits per heavy atom. The van der Waals surface area contributed by atoms with E-state index in [1.54, 1.807) is 0 Å². The Kier molecular flexibility index (Phi) is 4.73. The van der Waals surface area contributed by atoms with Crippen molar-refractivity contribution in [1.29, 1.82) is 0 Å². The Labute approximate surface area is 132 Å². The molecule has 1 aromatic rings. The van der Waals surface area contributed by atoms with E-state index in [9.17, 15) is 0 Å². The standard InChI is InChI=1S/C17H25Cl2N/c1-16(2,3)15-9-4-5-10-17(15,20)11-12-13(18)7-6-8-14(12)19/h6-8,15H,4-5,9-11,20H2,1-3H3. The summed E-state index contributed by atoms with van der Waals surface area (Å²) in [6.45, 7) is 6.87. The molecular formula is C17H25Cl2N. The smallest absolute Gasteiger partial charge is 0.0453 e. The van der Waals surface area contributed by atoms with Gasteiger partial charge in [0, 0.05) is 15.6 Å². The third-order valence-electron chi connectivity index (χ3n) is 4.69. The number of hydrogen-bond donors (Lipinski definition) is 1. The second kappa shape index (κ2) is 5.87. The van der Waals surface area contributed by atoms with Gasteiger partial charge in [0.25, 0.3) is 0 Å². The molecule has 2 unspecified atom stereocenters. The van der Waals surface area contributed by atoms with Gasteiger partial charge in [0.2, 0.25) is 0 Å². The van der Waals surface area contributed by atoms with Gasteiger partial charge in [-0.25, -0.2) is 0 Å². The van der Waals surface area contributed by atoms with E-state index in [0.29, 0.717) is 5.92 Å². The average molecular weight is 314 g/mol. The largest absolute Gasteiger partial charge is 0.325 e. The molecule has 0 bridgehead atoms. The SMILES string of the molecule is CC(C)(C)C1CCCCC1(N)Cc1c(Cl)cccc1Cl. The Morgan fingerprint density at radius 2 is 1.80 bits per heavy atom. The first-order chi connectivity index (χ1) is 9.24. The second-order valence-corrected chi connectivity index (χ2v) is 8.09. The lowest BCUT2D eigenvalue weighted by molar-refractivity contribution is 0.0793. The van der Waals surface area contributed by atoms with Crippen molar-refractivity contribution in [2.75, 3.05) is 0 Å². The molecule has 2 atom stereocenters. The molecule has 0 saturated heterocycles. The van der Waals surface area contributed by atoms with Gasteiger partial charge in [-0.1, -0.05) is 62.9 Å². The highest BCUT2D eigenvalue weighted by molar-refractivity contribution is 6.36. The number of rotatable bonds is 2. The summed E-state index contributed by atoms with van der Waals surface area (Å²) in [7, 11) is 0. The molecule has 112 valence electrons. The molecule has 1 fully saturated rings. The van der Waals surface area contributed by atoms with Crippen molar-refractivity contribution in [1.82, 2.24) is 0 Å². The summed E-state index contributed by atoms with van der Waals surface area (Å²) in [6, 6.07) is 5.70. The van der Waals surface area contributed by atoms with E-state index in [1.165, 1.54) is 19.3 Å². The second-order valence-electron chi connectivity index (χ2n) is 7.27. The van der Waals surface area contributed by atoms with E-state index >= 15 is 0 Å². The van der Waals surface area contributed by atoms with Crippen LogP contribution in [0.15, 0.2) is 18.2 Å². The molecule has 2 N–H and O–H groups in total. The molecule has 0 aromatic heterocycles. The monoisotopic (exact) mass is 313 g/mol. The van der Waals surface area contributed by atoms with Crippen LogP contribution in [0, 0.1) is 11.3 Å². The van der Waals surface area contributed by atoms with Gasteiger partial charge in [-0.3, -0.25) is 0 Å². The van der Waals surface area contributed by atoms with Gasteiger partial charge in [0.15, 0.2) is 0 Å². The van der Waals surface area contributed by atoms with E-state index in [2.05, 4.69) is 20.8 Å². The van der Waals surface area contributed by atoms with E-state index < -0.39 is 0 Å². The van der Waals surface area contributed by atoms with Gasteiger partial charge in [-0.05, 0) is 48.3 Å². The minimum absolute atomic E-state index is 0.203. The molecule has 1 aliphatic carbocycles. The minimum Gasteiger partial charge on any atom is -0.325 e. The number of halogens is 2. The fourth-order valence-electron chi connectivity index (χ4n) is 3.80. The first-order valence-electron chi connectivity index (χ1n) is 7.46. The van der Waals surface area contributed by atoms with Crippen LogP contribution in [0.5, 0.6) is 0 Å². The molecule has 0 aliphatic heterocycles. The van der Waals surface area contributed by atoms with Crippen molar-refractivity contribution < 1.29 is 0 Å². The van der Waals surface area contributed by atoms with Gasteiger partial charge in [0.05, 0.1) is 0 Å². The summed E-state index contributed by atoms with van der Waals surface area (Å²) in [5.41, 5.74) is 7.86. The van der Waals surface area contributed by atoms with E-state index in [1.807, 2.05) is 18.2 Å². The van der Waals surface area contributed by atoms with Crippen LogP contribution in [0.2, 0.25) is 10.0 Å². The van der Waals surface area contributed by atoms with Crippen LogP contribution in [-0.2, 0) is 6.42 Å². The van der Waals surface area contributed by atoms with Crippen LogP contribution in [-0.4, -0.2) is 5.54 Å². The van der Waals surface area contributed by atoms with Crippen molar-refractivity contribution >= 4 is 23.2 Å². The summed E-state index contributed by atoms with van der Waals surface area (Å²) >= 11 is 12.7. The van der Waals surface area contributed by atoms with Crippen molar-refractivity contribution in [3.8, 4) is 0 Å². The van der Waals surface area contributed by atoms with E-state index in [0.717, 1.165) is 28.5 Å². The zero-order valence-corrected chi connectivity index (χ0v) is 14.2. The fraction of sp³-hybridized carbons (Fsp3) is 0.647. The third-order valence-corrected chi connectivity index (χ3v) is 5.40. The number of hydrogen-bond acceptors (Lipinski definition) is 1. The van der Waals surface area contributed by atoms with E-state index in [4.69, 9.17) is 28.9 Å². The summed E-state index contributed by atoms with van der Waals surface area (Å²) in [5, 5.41) is 1.47. The molecule has 20 heavy (non-hydrogen) atoms. The lowest BCUT2D eigenvalue weighted by atomic mass is 9.61. The molecule has 1 saturated carbocycles. The van der Waals surface area contributed by atoms with Crippen LogP contribution in [0.25, 0.3) is 0 Å². The zero-order chi connectivity index (χ0) is 15.0. The molecule has 3 heteroatoms. The van der Waals surface area contributed by atoms with Crippen LogP contribution in [0.3, 0.4) is 0 Å². The van der Waals surface area contributed by atoms with Crippen LogP contribution in [0.4, 0.5) is 0 Å². The predicted molar refractivity (Wildman–Crippen MR) is 88.5 cm³/mol. The maximum absolute atomic E-state index is 6.84. The van der Waals surface area contributed by atoms with Gasteiger partial charge < -0.3 is 5.73 Å². The summed E-state index contributed by atoms with van der Waals surface area (Å²) in [5.74, 6) is 0.496. The minimum atomic E-state index is -0.203. The first-order valence-corrected chi connectivity index (χ1v) is 8.21. The Bertz CT molecular complexity index is 458. The highest BCUT2D eigenvalue weighted by Gasteiger charge is 2.43. The topological polar surface area (TPSA) is 26.0 Å². The molecule has 2 rings (SSSR count). The maximum atomic E-state index is 6.84. The lowest BCUT2D eigenvalue weighted by Gasteiger charge is -2.48.